The maximum absolute atomic E-state index is 13.1. The van der Waals surface area contributed by atoms with Crippen LogP contribution in [0.3, 0.4) is 0 Å². The van der Waals surface area contributed by atoms with E-state index >= 15 is 0 Å². The van der Waals surface area contributed by atoms with E-state index in [-0.39, 0.29) is 24.2 Å². The summed E-state index contributed by atoms with van der Waals surface area (Å²) in [4.78, 5) is 23.5. The molecule has 1 aromatic rings. The first-order chi connectivity index (χ1) is 10.0. The molecule has 3 atom stereocenters. The third kappa shape index (κ3) is 3.80. The third-order valence-electron chi connectivity index (χ3n) is 4.25. The average molecular weight is 293 g/mol. The number of carboxylic acids is 1. The smallest absolute Gasteiger partial charge is 0.307 e. The number of hydrogen-bond acceptors (Lipinski definition) is 2. The van der Waals surface area contributed by atoms with E-state index < -0.39 is 17.8 Å². The summed E-state index contributed by atoms with van der Waals surface area (Å²) in [7, 11) is 0. The van der Waals surface area contributed by atoms with Crippen molar-refractivity contribution in [2.75, 3.05) is 0 Å². The third-order valence-corrected chi connectivity index (χ3v) is 4.25. The van der Waals surface area contributed by atoms with Gasteiger partial charge >= 0.3 is 5.97 Å². The highest BCUT2D eigenvalue weighted by Crippen LogP contribution is 2.38. The molecule has 1 aromatic carbocycles. The van der Waals surface area contributed by atoms with Crippen LogP contribution in [0.1, 0.15) is 31.7 Å². The summed E-state index contributed by atoms with van der Waals surface area (Å²) in [6, 6.07) is 6.01. The minimum absolute atomic E-state index is 0.218. The summed E-state index contributed by atoms with van der Waals surface area (Å²) in [6.07, 6.45) is 2.06. The quantitative estimate of drug-likeness (QED) is 0.877. The summed E-state index contributed by atoms with van der Waals surface area (Å²) >= 11 is 0. The standard InChI is InChI=1S/C16H20FNO3/c1-2-10-7-13(14(8-10)16(20)21)15(19)18-9-11-4-3-5-12(17)6-11/h3-6,10,13-14H,2,7-9H2,1H3,(H,18,19)(H,20,21). The normalized spacial score (nSPS) is 24.8. The van der Waals surface area contributed by atoms with Gasteiger partial charge in [0.25, 0.3) is 0 Å². The lowest BCUT2D eigenvalue weighted by molar-refractivity contribution is -0.146. The lowest BCUT2D eigenvalue weighted by Crippen LogP contribution is -2.34. The van der Waals surface area contributed by atoms with E-state index in [0.717, 1.165) is 6.42 Å². The Morgan fingerprint density at radius 1 is 1.33 bits per heavy atom. The molecule has 0 saturated heterocycles. The molecule has 3 unspecified atom stereocenters. The second kappa shape index (κ2) is 6.70. The van der Waals surface area contributed by atoms with Gasteiger partial charge in [0.05, 0.1) is 11.8 Å². The number of halogens is 1. The van der Waals surface area contributed by atoms with E-state index in [1.54, 1.807) is 12.1 Å². The van der Waals surface area contributed by atoms with Crippen LogP contribution < -0.4 is 5.32 Å². The van der Waals surface area contributed by atoms with Crippen LogP contribution >= 0.6 is 0 Å². The number of hydrogen-bond donors (Lipinski definition) is 2. The van der Waals surface area contributed by atoms with Crippen LogP contribution in [-0.4, -0.2) is 17.0 Å². The van der Waals surface area contributed by atoms with Gasteiger partial charge in [-0.25, -0.2) is 4.39 Å². The van der Waals surface area contributed by atoms with E-state index in [0.29, 0.717) is 18.4 Å². The molecule has 1 fully saturated rings. The fraction of sp³-hybridized carbons (Fsp3) is 0.500. The van der Waals surface area contributed by atoms with Gasteiger partial charge in [-0.05, 0) is 36.5 Å². The molecule has 5 heteroatoms. The predicted molar refractivity (Wildman–Crippen MR) is 75.9 cm³/mol. The molecule has 1 aliphatic rings. The Balaban J connectivity index is 1.97. The minimum Gasteiger partial charge on any atom is -0.481 e. The lowest BCUT2D eigenvalue weighted by atomic mass is 9.95. The molecule has 0 aliphatic heterocycles. The summed E-state index contributed by atoms with van der Waals surface area (Å²) in [5, 5.41) is 12.0. The molecule has 0 bridgehead atoms. The van der Waals surface area contributed by atoms with Gasteiger partial charge in [0.15, 0.2) is 0 Å². The van der Waals surface area contributed by atoms with Crippen LogP contribution in [-0.2, 0) is 16.1 Å². The number of nitrogens with one attached hydrogen (secondary N) is 1. The van der Waals surface area contributed by atoms with Crippen molar-refractivity contribution in [2.24, 2.45) is 17.8 Å². The molecule has 2 rings (SSSR count). The number of carboxylic acid groups (broad SMARTS) is 1. The summed E-state index contributed by atoms with van der Waals surface area (Å²) < 4.78 is 13.1. The van der Waals surface area contributed by atoms with Crippen molar-refractivity contribution in [1.29, 1.82) is 0 Å². The fourth-order valence-corrected chi connectivity index (χ4v) is 3.01. The molecule has 1 amide bonds. The molecule has 4 nitrogen and oxygen atoms in total. The zero-order valence-electron chi connectivity index (χ0n) is 12.0. The molecule has 0 aromatic heterocycles. The molecule has 0 spiro atoms. The molecular weight excluding hydrogens is 273 g/mol. The number of amides is 1. The summed E-state index contributed by atoms with van der Waals surface area (Å²) in [5.41, 5.74) is 0.667. The maximum atomic E-state index is 13.1. The van der Waals surface area contributed by atoms with Gasteiger partial charge in [0.1, 0.15) is 5.82 Å². The molecule has 0 heterocycles. The first kappa shape index (κ1) is 15.5. The van der Waals surface area contributed by atoms with Crippen molar-refractivity contribution in [3.63, 3.8) is 0 Å². The topological polar surface area (TPSA) is 66.4 Å². The van der Waals surface area contributed by atoms with Gasteiger partial charge < -0.3 is 10.4 Å². The number of aliphatic carboxylic acids is 1. The highest BCUT2D eigenvalue weighted by Gasteiger charge is 2.41. The Labute approximate surface area is 123 Å². The fourth-order valence-electron chi connectivity index (χ4n) is 3.01. The predicted octanol–water partition coefficient (Wildman–Crippen LogP) is 2.58. The van der Waals surface area contributed by atoms with E-state index in [1.807, 2.05) is 6.92 Å². The largest absolute Gasteiger partial charge is 0.481 e. The lowest BCUT2D eigenvalue weighted by Gasteiger charge is -2.15. The van der Waals surface area contributed by atoms with Gasteiger partial charge in [-0.3, -0.25) is 9.59 Å². The van der Waals surface area contributed by atoms with Crippen LogP contribution in [0.25, 0.3) is 0 Å². The number of rotatable bonds is 5. The molecule has 2 N–H and O–H groups in total. The molecule has 1 aliphatic carbocycles. The van der Waals surface area contributed by atoms with Gasteiger partial charge in [0, 0.05) is 6.54 Å². The van der Waals surface area contributed by atoms with E-state index in [1.165, 1.54) is 12.1 Å². The summed E-state index contributed by atoms with van der Waals surface area (Å²) in [6.45, 7) is 2.23. The number of carbonyl (C=O) groups excluding carboxylic acids is 1. The molecular formula is C16H20FNO3. The Bertz CT molecular complexity index is 532. The Morgan fingerprint density at radius 3 is 2.67 bits per heavy atom. The second-order valence-electron chi connectivity index (χ2n) is 5.64. The van der Waals surface area contributed by atoms with Crippen LogP contribution in [0.5, 0.6) is 0 Å². The van der Waals surface area contributed by atoms with Gasteiger partial charge in [-0.15, -0.1) is 0 Å². The van der Waals surface area contributed by atoms with Crippen LogP contribution in [0, 0.1) is 23.6 Å². The first-order valence-corrected chi connectivity index (χ1v) is 7.26. The Morgan fingerprint density at radius 2 is 2.05 bits per heavy atom. The Hall–Kier alpha value is -1.91. The Kier molecular flexibility index (Phi) is 4.94. The van der Waals surface area contributed by atoms with Gasteiger partial charge in [-0.1, -0.05) is 25.5 Å². The van der Waals surface area contributed by atoms with Crippen LogP contribution in [0.15, 0.2) is 24.3 Å². The van der Waals surface area contributed by atoms with Crippen molar-refractivity contribution < 1.29 is 19.1 Å². The van der Waals surface area contributed by atoms with E-state index in [4.69, 9.17) is 0 Å². The van der Waals surface area contributed by atoms with Crippen molar-refractivity contribution in [3.8, 4) is 0 Å². The van der Waals surface area contributed by atoms with Crippen LogP contribution in [0.4, 0.5) is 4.39 Å². The van der Waals surface area contributed by atoms with Gasteiger partial charge in [0.2, 0.25) is 5.91 Å². The number of carbonyl (C=O) groups is 2. The van der Waals surface area contributed by atoms with Crippen molar-refractivity contribution >= 4 is 11.9 Å². The first-order valence-electron chi connectivity index (χ1n) is 7.26. The maximum Gasteiger partial charge on any atom is 0.307 e. The highest BCUT2D eigenvalue weighted by molar-refractivity contribution is 5.85. The number of benzene rings is 1. The monoisotopic (exact) mass is 293 g/mol. The minimum atomic E-state index is -0.906. The van der Waals surface area contributed by atoms with Crippen LogP contribution in [0.2, 0.25) is 0 Å². The van der Waals surface area contributed by atoms with Crippen molar-refractivity contribution in [2.45, 2.75) is 32.7 Å². The zero-order chi connectivity index (χ0) is 15.4. The summed E-state index contributed by atoms with van der Waals surface area (Å²) in [5.74, 6) is -2.31. The zero-order valence-corrected chi connectivity index (χ0v) is 12.0. The molecule has 21 heavy (non-hydrogen) atoms. The van der Waals surface area contributed by atoms with E-state index in [2.05, 4.69) is 5.32 Å². The molecule has 114 valence electrons. The highest BCUT2D eigenvalue weighted by atomic mass is 19.1. The second-order valence-corrected chi connectivity index (χ2v) is 5.64. The van der Waals surface area contributed by atoms with Gasteiger partial charge in [-0.2, -0.15) is 0 Å². The molecule has 1 saturated carbocycles. The van der Waals surface area contributed by atoms with Crippen molar-refractivity contribution in [1.82, 2.24) is 5.32 Å². The average Bonchev–Trinajstić information content (AvgIpc) is 2.89. The SMILES string of the molecule is CCC1CC(C(=O)O)C(C(=O)NCc2cccc(F)c2)C1. The molecule has 0 radical (unpaired) electrons. The van der Waals surface area contributed by atoms with Crippen molar-refractivity contribution in [3.05, 3.63) is 35.6 Å². The van der Waals surface area contributed by atoms with E-state index in [9.17, 15) is 19.1 Å².